The molecule has 0 atom stereocenters. The molecular weight excluding hydrogens is 384 g/mol. The minimum atomic E-state index is -0.616. The van der Waals surface area contributed by atoms with Crippen LogP contribution in [0.5, 0.6) is 0 Å². The summed E-state index contributed by atoms with van der Waals surface area (Å²) in [4.78, 5) is 37.3. The minimum absolute atomic E-state index is 0.0688. The molecule has 1 aromatic carbocycles. The average molecular weight is 404 g/mol. The van der Waals surface area contributed by atoms with Crippen LogP contribution in [0.3, 0.4) is 0 Å². The van der Waals surface area contributed by atoms with Gasteiger partial charge in [0.2, 0.25) is 0 Å². The number of likely N-dealkylation sites (N-methyl/N-ethyl adjacent to an activating group) is 1. The molecule has 1 aliphatic heterocycles. The predicted molar refractivity (Wildman–Crippen MR) is 109 cm³/mol. The SMILES string of the molecule is CCCOC(=O)c1ccc(-c2ccc(/C=C3/C(=O)N(C)C(=O)C(C#N)=C3C)o2)cc1. The van der Waals surface area contributed by atoms with E-state index < -0.39 is 11.8 Å². The van der Waals surface area contributed by atoms with E-state index >= 15 is 0 Å². The average Bonchev–Trinajstić information content (AvgIpc) is 3.23. The van der Waals surface area contributed by atoms with Gasteiger partial charge in [-0.15, -0.1) is 0 Å². The number of esters is 1. The molecule has 0 N–H and O–H groups in total. The molecule has 0 saturated carbocycles. The Hall–Kier alpha value is -3.92. The summed E-state index contributed by atoms with van der Waals surface area (Å²) in [7, 11) is 1.34. The van der Waals surface area contributed by atoms with Crippen LogP contribution in [0.15, 0.2) is 57.5 Å². The number of ether oxygens (including phenoxy) is 1. The van der Waals surface area contributed by atoms with Crippen LogP contribution in [0.1, 0.15) is 36.4 Å². The van der Waals surface area contributed by atoms with Gasteiger partial charge in [0.1, 0.15) is 23.2 Å². The van der Waals surface area contributed by atoms with E-state index in [-0.39, 0.29) is 17.1 Å². The van der Waals surface area contributed by atoms with Gasteiger partial charge in [-0.1, -0.05) is 19.1 Å². The van der Waals surface area contributed by atoms with Gasteiger partial charge in [0.05, 0.1) is 12.2 Å². The zero-order valence-corrected chi connectivity index (χ0v) is 16.9. The summed E-state index contributed by atoms with van der Waals surface area (Å²) >= 11 is 0. The lowest BCUT2D eigenvalue weighted by Crippen LogP contribution is -2.39. The number of rotatable bonds is 5. The highest BCUT2D eigenvalue weighted by atomic mass is 16.5. The smallest absolute Gasteiger partial charge is 0.338 e. The highest BCUT2D eigenvalue weighted by molar-refractivity contribution is 6.19. The van der Waals surface area contributed by atoms with Crippen molar-refractivity contribution >= 4 is 23.9 Å². The third-order valence-corrected chi connectivity index (χ3v) is 4.70. The van der Waals surface area contributed by atoms with Crippen LogP contribution < -0.4 is 0 Å². The monoisotopic (exact) mass is 404 g/mol. The molecule has 0 bridgehead atoms. The first-order valence-electron chi connectivity index (χ1n) is 9.40. The van der Waals surface area contributed by atoms with Crippen molar-refractivity contribution in [1.82, 2.24) is 4.90 Å². The van der Waals surface area contributed by atoms with Gasteiger partial charge in [-0.3, -0.25) is 14.5 Å². The Morgan fingerprint density at radius 3 is 2.50 bits per heavy atom. The van der Waals surface area contributed by atoms with Gasteiger partial charge in [0.25, 0.3) is 11.8 Å². The van der Waals surface area contributed by atoms with E-state index in [0.29, 0.717) is 29.3 Å². The Balaban J connectivity index is 1.87. The molecule has 2 amide bonds. The van der Waals surface area contributed by atoms with Crippen molar-refractivity contribution in [3.8, 4) is 17.4 Å². The highest BCUT2D eigenvalue weighted by Crippen LogP contribution is 2.28. The zero-order valence-electron chi connectivity index (χ0n) is 16.9. The van der Waals surface area contributed by atoms with Crippen molar-refractivity contribution < 1.29 is 23.5 Å². The van der Waals surface area contributed by atoms with Gasteiger partial charge in [-0.05, 0) is 49.3 Å². The first-order valence-corrected chi connectivity index (χ1v) is 9.40. The summed E-state index contributed by atoms with van der Waals surface area (Å²) in [6, 6.07) is 12.1. The van der Waals surface area contributed by atoms with Crippen molar-refractivity contribution in [2.45, 2.75) is 20.3 Å². The molecule has 1 aromatic heterocycles. The Bertz CT molecular complexity index is 1110. The lowest BCUT2D eigenvalue weighted by Gasteiger charge is -2.23. The third-order valence-electron chi connectivity index (χ3n) is 4.70. The number of nitriles is 1. The molecule has 0 saturated heterocycles. The minimum Gasteiger partial charge on any atom is -0.462 e. The molecule has 7 heteroatoms. The first-order chi connectivity index (χ1) is 14.4. The topological polar surface area (TPSA) is 101 Å². The van der Waals surface area contributed by atoms with E-state index in [1.807, 2.05) is 13.0 Å². The summed E-state index contributed by atoms with van der Waals surface area (Å²) in [5.74, 6) is -0.540. The molecule has 0 fully saturated rings. The Labute approximate surface area is 173 Å². The van der Waals surface area contributed by atoms with Crippen LogP contribution in [-0.4, -0.2) is 36.3 Å². The maximum absolute atomic E-state index is 12.5. The van der Waals surface area contributed by atoms with Gasteiger partial charge in [-0.2, -0.15) is 5.26 Å². The van der Waals surface area contributed by atoms with Crippen molar-refractivity contribution in [1.29, 1.82) is 5.26 Å². The maximum Gasteiger partial charge on any atom is 0.338 e. The highest BCUT2D eigenvalue weighted by Gasteiger charge is 2.33. The van der Waals surface area contributed by atoms with E-state index in [4.69, 9.17) is 9.15 Å². The lowest BCUT2D eigenvalue weighted by molar-refractivity contribution is -0.138. The number of nitrogens with zero attached hydrogens (tertiary/aromatic N) is 2. The van der Waals surface area contributed by atoms with E-state index in [1.165, 1.54) is 13.1 Å². The van der Waals surface area contributed by atoms with Crippen LogP contribution in [0.25, 0.3) is 17.4 Å². The van der Waals surface area contributed by atoms with Gasteiger partial charge >= 0.3 is 5.97 Å². The zero-order chi connectivity index (χ0) is 21.8. The molecule has 152 valence electrons. The first kappa shape index (κ1) is 20.8. The summed E-state index contributed by atoms with van der Waals surface area (Å²) in [5.41, 5.74) is 1.67. The van der Waals surface area contributed by atoms with Gasteiger partial charge in [0.15, 0.2) is 0 Å². The number of carbonyl (C=O) groups is 3. The normalized spacial score (nSPS) is 15.5. The van der Waals surface area contributed by atoms with E-state index in [1.54, 1.807) is 43.3 Å². The van der Waals surface area contributed by atoms with Crippen molar-refractivity contribution in [2.24, 2.45) is 0 Å². The standard InChI is InChI=1S/C23H20N2O5/c1-4-11-29-23(28)16-7-5-15(6-8-16)20-10-9-17(30-20)12-18-14(2)19(13-24)22(27)25(3)21(18)26/h5-10,12H,4,11H2,1-3H3/b18-12+. The van der Waals surface area contributed by atoms with Crippen LogP contribution >= 0.6 is 0 Å². The summed E-state index contributed by atoms with van der Waals surface area (Å²) in [6.07, 6.45) is 2.27. The largest absolute Gasteiger partial charge is 0.462 e. The Morgan fingerprint density at radius 1 is 1.17 bits per heavy atom. The number of hydrogen-bond donors (Lipinski definition) is 0. The van der Waals surface area contributed by atoms with Gasteiger partial charge in [-0.25, -0.2) is 4.79 Å². The predicted octanol–water partition coefficient (Wildman–Crippen LogP) is 3.74. The molecule has 2 aromatic rings. The van der Waals surface area contributed by atoms with Crippen molar-refractivity contribution in [3.05, 3.63) is 64.4 Å². The Morgan fingerprint density at radius 2 is 1.87 bits per heavy atom. The van der Waals surface area contributed by atoms with Crippen LogP contribution in [0, 0.1) is 11.3 Å². The van der Waals surface area contributed by atoms with Gasteiger partial charge in [0, 0.05) is 18.2 Å². The van der Waals surface area contributed by atoms with Crippen LogP contribution in [-0.2, 0) is 14.3 Å². The molecule has 7 nitrogen and oxygen atoms in total. The second-order valence-electron chi connectivity index (χ2n) is 6.75. The molecule has 30 heavy (non-hydrogen) atoms. The number of furan rings is 1. The molecule has 0 aliphatic carbocycles. The molecule has 0 radical (unpaired) electrons. The molecule has 3 rings (SSSR count). The fraction of sp³-hybridized carbons (Fsp3) is 0.217. The second kappa shape index (κ2) is 8.62. The van der Waals surface area contributed by atoms with Crippen molar-refractivity contribution in [3.63, 3.8) is 0 Å². The molecule has 0 unspecified atom stereocenters. The van der Waals surface area contributed by atoms with E-state index in [9.17, 15) is 19.6 Å². The number of amides is 2. The Kier molecular flexibility index (Phi) is 5.98. The summed E-state index contributed by atoms with van der Waals surface area (Å²) < 4.78 is 10.9. The molecular formula is C23H20N2O5. The fourth-order valence-electron chi connectivity index (χ4n) is 2.97. The molecule has 1 aliphatic rings. The summed E-state index contributed by atoms with van der Waals surface area (Å²) in [6.45, 7) is 3.86. The second-order valence-corrected chi connectivity index (χ2v) is 6.75. The number of benzene rings is 1. The summed E-state index contributed by atoms with van der Waals surface area (Å²) in [5, 5.41) is 9.23. The van der Waals surface area contributed by atoms with E-state index in [2.05, 4.69) is 0 Å². The molecule has 0 spiro atoms. The lowest BCUT2D eigenvalue weighted by atomic mass is 9.95. The number of carbonyl (C=O) groups excluding carboxylic acids is 3. The number of imide groups is 1. The molecule has 2 heterocycles. The van der Waals surface area contributed by atoms with Crippen LogP contribution in [0.4, 0.5) is 0 Å². The maximum atomic E-state index is 12.5. The van der Waals surface area contributed by atoms with Crippen molar-refractivity contribution in [2.75, 3.05) is 13.7 Å². The quantitative estimate of drug-likeness (QED) is 0.428. The number of hydrogen-bond acceptors (Lipinski definition) is 6. The van der Waals surface area contributed by atoms with Gasteiger partial charge < -0.3 is 9.15 Å². The van der Waals surface area contributed by atoms with E-state index in [0.717, 1.165) is 16.9 Å². The van der Waals surface area contributed by atoms with Crippen LogP contribution in [0.2, 0.25) is 0 Å². The fourth-order valence-corrected chi connectivity index (χ4v) is 2.97. The third kappa shape index (κ3) is 3.94.